The van der Waals surface area contributed by atoms with Crippen LogP contribution in [-0.4, -0.2) is 65.9 Å². The van der Waals surface area contributed by atoms with Crippen LogP contribution in [0.4, 0.5) is 0 Å². The van der Waals surface area contributed by atoms with E-state index in [2.05, 4.69) is 20.9 Å². The molecule has 1 aliphatic heterocycles. The maximum Gasteiger partial charge on any atom is 0.268 e. The highest BCUT2D eigenvalue weighted by atomic mass is 16.5. The Bertz CT molecular complexity index is 1140. The summed E-state index contributed by atoms with van der Waals surface area (Å²) in [6, 6.07) is 5.28. The van der Waals surface area contributed by atoms with Crippen molar-refractivity contribution in [2.24, 2.45) is 11.8 Å². The molecule has 5 N–H and O–H groups in total. The number of ketones is 1. The molecular formula is C27H36N4O6. The zero-order valence-corrected chi connectivity index (χ0v) is 21.2. The molecule has 37 heavy (non-hydrogen) atoms. The van der Waals surface area contributed by atoms with Gasteiger partial charge >= 0.3 is 0 Å². The van der Waals surface area contributed by atoms with Gasteiger partial charge < -0.3 is 30.8 Å². The number of amides is 3. The molecule has 3 atom stereocenters. The van der Waals surface area contributed by atoms with E-state index in [-0.39, 0.29) is 18.2 Å². The molecule has 1 aromatic carbocycles. The number of hydrogen-bond acceptors (Lipinski definition) is 6. The molecule has 1 saturated carbocycles. The standard InChI is InChI=1S/C27H36N4O6/c1-37-24-9-5-8-19-18(24)14-22(29-19)27(36)31-21(12-16-6-3-2-4-7-16)26(35)30-20(23(33)15-32)13-17-10-11-28-25(17)34/h5,8-9,14,16-17,20-21,29,32H,2-4,6-7,10-13,15H2,1H3,(H,28,34)(H,30,35)(H,31,36)/t17?,20-,21+/m0/s1. The molecule has 1 aliphatic carbocycles. The van der Waals surface area contributed by atoms with Gasteiger partial charge in [-0.3, -0.25) is 19.2 Å². The first-order valence-electron chi connectivity index (χ1n) is 13.1. The van der Waals surface area contributed by atoms with Crippen molar-refractivity contribution in [3.05, 3.63) is 30.0 Å². The number of aromatic nitrogens is 1. The second kappa shape index (κ2) is 12.2. The van der Waals surface area contributed by atoms with E-state index in [9.17, 15) is 24.3 Å². The van der Waals surface area contributed by atoms with E-state index >= 15 is 0 Å². The quantitative estimate of drug-likeness (QED) is 0.310. The van der Waals surface area contributed by atoms with Gasteiger partial charge in [0, 0.05) is 23.4 Å². The molecule has 0 spiro atoms. The first-order valence-corrected chi connectivity index (χ1v) is 13.1. The Kier molecular flexibility index (Phi) is 8.81. The summed E-state index contributed by atoms with van der Waals surface area (Å²) in [6.07, 6.45) is 6.40. The minimum absolute atomic E-state index is 0.114. The number of nitrogens with one attached hydrogen (secondary N) is 4. The molecule has 2 aromatic rings. The van der Waals surface area contributed by atoms with Crippen molar-refractivity contribution in [3.8, 4) is 5.75 Å². The fourth-order valence-corrected chi connectivity index (χ4v) is 5.46. The SMILES string of the molecule is COc1cccc2[nH]c(C(=O)N[C@H](CC3CCCCC3)C(=O)N[C@@H](CC3CCNC3=O)C(=O)CO)cc12. The van der Waals surface area contributed by atoms with Crippen LogP contribution < -0.4 is 20.7 Å². The largest absolute Gasteiger partial charge is 0.496 e. The third kappa shape index (κ3) is 6.49. The number of H-pyrrole nitrogens is 1. The Labute approximate surface area is 215 Å². The van der Waals surface area contributed by atoms with Crippen LogP contribution in [0.15, 0.2) is 24.3 Å². The van der Waals surface area contributed by atoms with E-state index in [4.69, 9.17) is 4.74 Å². The van der Waals surface area contributed by atoms with E-state index in [1.807, 2.05) is 12.1 Å². The zero-order chi connectivity index (χ0) is 26.4. The van der Waals surface area contributed by atoms with Gasteiger partial charge in [-0.05, 0) is 43.4 Å². The summed E-state index contributed by atoms with van der Waals surface area (Å²) in [6.45, 7) is -0.219. The maximum absolute atomic E-state index is 13.5. The second-order valence-corrected chi connectivity index (χ2v) is 10.1. The van der Waals surface area contributed by atoms with Crippen LogP contribution in [0, 0.1) is 11.8 Å². The lowest BCUT2D eigenvalue weighted by Crippen LogP contribution is -2.53. The Morgan fingerprint density at radius 3 is 2.54 bits per heavy atom. The van der Waals surface area contributed by atoms with Crippen molar-refractivity contribution in [2.45, 2.75) is 63.5 Å². The molecule has 3 amide bonds. The van der Waals surface area contributed by atoms with Gasteiger partial charge in [0.25, 0.3) is 5.91 Å². The van der Waals surface area contributed by atoms with Crippen molar-refractivity contribution in [2.75, 3.05) is 20.3 Å². The highest BCUT2D eigenvalue weighted by molar-refractivity contribution is 6.02. The topological polar surface area (TPSA) is 150 Å². The molecule has 10 heteroatoms. The van der Waals surface area contributed by atoms with Gasteiger partial charge in [0.15, 0.2) is 5.78 Å². The lowest BCUT2D eigenvalue weighted by atomic mass is 9.84. The van der Waals surface area contributed by atoms with E-state index in [0.29, 0.717) is 30.8 Å². The Hall–Kier alpha value is -3.40. The molecule has 1 aromatic heterocycles. The van der Waals surface area contributed by atoms with Crippen LogP contribution in [0.1, 0.15) is 61.9 Å². The zero-order valence-electron chi connectivity index (χ0n) is 21.2. The minimum Gasteiger partial charge on any atom is -0.496 e. The van der Waals surface area contributed by atoms with E-state index in [1.165, 1.54) is 0 Å². The number of rotatable bonds is 11. The normalized spacial score (nSPS) is 19.7. The van der Waals surface area contributed by atoms with Gasteiger partial charge in [0.2, 0.25) is 11.8 Å². The molecule has 10 nitrogen and oxygen atoms in total. The summed E-state index contributed by atoms with van der Waals surface area (Å²) < 4.78 is 5.38. The van der Waals surface area contributed by atoms with Gasteiger partial charge in [-0.2, -0.15) is 0 Å². The second-order valence-electron chi connectivity index (χ2n) is 10.1. The Balaban J connectivity index is 1.51. The van der Waals surface area contributed by atoms with E-state index < -0.39 is 42.2 Å². The summed E-state index contributed by atoms with van der Waals surface area (Å²) in [5, 5.41) is 18.6. The van der Waals surface area contributed by atoms with Crippen molar-refractivity contribution in [1.29, 1.82) is 0 Å². The number of aliphatic hydroxyl groups is 1. The predicted octanol–water partition coefficient (Wildman–Crippen LogP) is 1.82. The average molecular weight is 513 g/mol. The average Bonchev–Trinajstić information content (AvgIpc) is 3.53. The van der Waals surface area contributed by atoms with Crippen LogP contribution >= 0.6 is 0 Å². The molecule has 0 radical (unpaired) electrons. The Morgan fingerprint density at radius 1 is 1.08 bits per heavy atom. The van der Waals surface area contributed by atoms with Crippen molar-refractivity contribution >= 4 is 34.4 Å². The van der Waals surface area contributed by atoms with Crippen molar-refractivity contribution < 1.29 is 29.0 Å². The first kappa shape index (κ1) is 26.7. The molecule has 4 rings (SSSR count). The highest BCUT2D eigenvalue weighted by Crippen LogP contribution is 2.29. The van der Waals surface area contributed by atoms with Gasteiger partial charge in [0.05, 0.1) is 13.2 Å². The van der Waals surface area contributed by atoms with Crippen LogP contribution in [0.25, 0.3) is 10.9 Å². The molecule has 2 fully saturated rings. The number of aromatic amines is 1. The fraction of sp³-hybridized carbons (Fsp3) is 0.556. The monoisotopic (exact) mass is 512 g/mol. The number of methoxy groups -OCH3 is 1. The van der Waals surface area contributed by atoms with E-state index in [0.717, 1.165) is 43.0 Å². The number of Topliss-reactive ketones (excluding diaryl/α,β-unsaturated/α-hetero) is 1. The van der Waals surface area contributed by atoms with Crippen LogP contribution in [0.2, 0.25) is 0 Å². The molecule has 1 saturated heterocycles. The fourth-order valence-electron chi connectivity index (χ4n) is 5.46. The lowest BCUT2D eigenvalue weighted by molar-refractivity contribution is -0.131. The van der Waals surface area contributed by atoms with Crippen LogP contribution in [-0.2, 0) is 14.4 Å². The number of fused-ring (bicyclic) bond motifs is 1. The summed E-state index contributed by atoms with van der Waals surface area (Å²) >= 11 is 0. The van der Waals surface area contributed by atoms with Crippen LogP contribution in [0.5, 0.6) is 5.75 Å². The number of carbonyl (C=O) groups is 4. The summed E-state index contributed by atoms with van der Waals surface area (Å²) in [7, 11) is 1.56. The third-order valence-corrected chi connectivity index (χ3v) is 7.55. The smallest absolute Gasteiger partial charge is 0.268 e. The van der Waals surface area contributed by atoms with Gasteiger partial charge in [-0.25, -0.2) is 0 Å². The Morgan fingerprint density at radius 2 is 1.86 bits per heavy atom. The molecular weight excluding hydrogens is 476 g/mol. The molecule has 2 aliphatic rings. The number of carbonyl (C=O) groups excluding carboxylic acids is 4. The summed E-state index contributed by atoms with van der Waals surface area (Å²) in [5.41, 5.74) is 1.03. The minimum atomic E-state index is -1.01. The number of ether oxygens (including phenoxy) is 1. The highest BCUT2D eigenvalue weighted by Gasteiger charge is 2.34. The summed E-state index contributed by atoms with van der Waals surface area (Å²) in [5.74, 6) is -1.14. The van der Waals surface area contributed by atoms with Gasteiger partial charge in [-0.1, -0.05) is 38.2 Å². The lowest BCUT2D eigenvalue weighted by Gasteiger charge is -2.28. The number of benzene rings is 1. The third-order valence-electron chi connectivity index (χ3n) is 7.55. The first-order chi connectivity index (χ1) is 17.9. The molecule has 2 heterocycles. The van der Waals surface area contributed by atoms with Crippen molar-refractivity contribution in [3.63, 3.8) is 0 Å². The van der Waals surface area contributed by atoms with Gasteiger partial charge in [0.1, 0.15) is 24.1 Å². The molecule has 0 bridgehead atoms. The molecule has 200 valence electrons. The number of aliphatic hydroxyl groups excluding tert-OH is 1. The van der Waals surface area contributed by atoms with Crippen molar-refractivity contribution in [1.82, 2.24) is 20.9 Å². The predicted molar refractivity (Wildman–Crippen MR) is 137 cm³/mol. The number of hydrogen-bond donors (Lipinski definition) is 5. The van der Waals surface area contributed by atoms with E-state index in [1.54, 1.807) is 19.2 Å². The molecule has 1 unspecified atom stereocenters. The summed E-state index contributed by atoms with van der Waals surface area (Å²) in [4.78, 5) is 54.3. The van der Waals surface area contributed by atoms with Crippen LogP contribution in [0.3, 0.4) is 0 Å². The van der Waals surface area contributed by atoms with Gasteiger partial charge in [-0.15, -0.1) is 0 Å². The maximum atomic E-state index is 13.5.